The van der Waals surface area contributed by atoms with Crippen LogP contribution in [0.2, 0.25) is 0 Å². The summed E-state index contributed by atoms with van der Waals surface area (Å²) in [6.45, 7) is 6.68. The van der Waals surface area contributed by atoms with E-state index in [-0.39, 0.29) is 30.0 Å². The number of nitriles is 1. The molecule has 0 spiro atoms. The number of anilines is 1. The van der Waals surface area contributed by atoms with E-state index in [0.29, 0.717) is 65.4 Å². The van der Waals surface area contributed by atoms with E-state index in [9.17, 15) is 19.6 Å². The number of pyridine rings is 1. The van der Waals surface area contributed by atoms with E-state index in [4.69, 9.17) is 22.1 Å². The molecule has 0 aromatic carbocycles. The molecule has 3 heterocycles. The van der Waals surface area contributed by atoms with E-state index < -0.39 is 5.97 Å². The van der Waals surface area contributed by atoms with Crippen LogP contribution in [0.4, 0.5) is 5.82 Å². The van der Waals surface area contributed by atoms with Crippen molar-refractivity contribution in [1.82, 2.24) is 9.47 Å². The zero-order chi connectivity index (χ0) is 24.8. The van der Waals surface area contributed by atoms with Gasteiger partial charge in [0, 0.05) is 38.2 Å². The summed E-state index contributed by atoms with van der Waals surface area (Å²) in [7, 11) is 0. The number of hydrogen-bond acceptors (Lipinski definition) is 8. The topological polar surface area (TPSA) is 116 Å². The second-order valence-corrected chi connectivity index (χ2v) is 9.77. The number of rotatable bonds is 9. The lowest BCUT2D eigenvalue weighted by atomic mass is 10.0. The Morgan fingerprint density at radius 2 is 1.97 bits per heavy atom. The number of carboxylic acid groups (broad SMARTS) is 1. The van der Waals surface area contributed by atoms with Gasteiger partial charge in [0.1, 0.15) is 21.8 Å². The average molecular weight is 505 g/mol. The number of carbonyl (C=O) groups excluding carboxylic acids is 1. The molecule has 0 atom stereocenters. The molecule has 1 N–H and O–H groups in total. The molecule has 34 heavy (non-hydrogen) atoms. The summed E-state index contributed by atoms with van der Waals surface area (Å²) in [5.41, 5.74) is 0.919. The zero-order valence-electron chi connectivity index (χ0n) is 19.3. The normalized spacial score (nSPS) is 17.5. The standard InChI is InChI=1S/C23H28N4O5S2/c1-3-4-7-26-20(25-9-11-32-12-10-25)16(15(2)17(14-24)21(26)30)13-18-22(31)27(23(33)34-18)8-5-6-19(28)29/h13H,3-12H2,1-2H3,(H,28,29). The molecule has 0 bridgehead atoms. The van der Waals surface area contributed by atoms with Crippen LogP contribution in [0.15, 0.2) is 9.70 Å². The number of nitrogens with zero attached hydrogens (tertiary/aromatic N) is 4. The third-order valence-electron chi connectivity index (χ3n) is 5.81. The summed E-state index contributed by atoms with van der Waals surface area (Å²) in [6.07, 6.45) is 3.63. The van der Waals surface area contributed by atoms with Crippen molar-refractivity contribution >= 4 is 52.1 Å². The minimum absolute atomic E-state index is 0.0513. The molecule has 0 radical (unpaired) electrons. The molecule has 0 unspecified atom stereocenters. The Bertz CT molecular complexity index is 1120. The first-order valence-electron chi connectivity index (χ1n) is 11.3. The van der Waals surface area contributed by atoms with Gasteiger partial charge in [-0.25, -0.2) is 0 Å². The number of hydrogen-bond donors (Lipinski definition) is 1. The monoisotopic (exact) mass is 504 g/mol. The molecule has 2 aliphatic heterocycles. The molecular weight excluding hydrogens is 476 g/mol. The van der Waals surface area contributed by atoms with Crippen molar-refractivity contribution < 1.29 is 19.4 Å². The largest absolute Gasteiger partial charge is 0.481 e. The molecule has 3 rings (SSSR count). The number of aliphatic carboxylic acids is 1. The Labute approximate surface area is 208 Å². The zero-order valence-corrected chi connectivity index (χ0v) is 21.0. The van der Waals surface area contributed by atoms with Crippen LogP contribution in [0.1, 0.15) is 49.3 Å². The van der Waals surface area contributed by atoms with Crippen LogP contribution in [-0.2, 0) is 20.9 Å². The summed E-state index contributed by atoms with van der Waals surface area (Å²) in [4.78, 5) is 41.1. The summed E-state index contributed by atoms with van der Waals surface area (Å²) in [5.74, 6) is -0.531. The number of unbranched alkanes of at least 4 members (excludes halogenated alkanes) is 1. The van der Waals surface area contributed by atoms with Crippen LogP contribution in [0.3, 0.4) is 0 Å². The van der Waals surface area contributed by atoms with Gasteiger partial charge in [0.05, 0.1) is 18.1 Å². The minimum Gasteiger partial charge on any atom is -0.481 e. The lowest BCUT2D eigenvalue weighted by Crippen LogP contribution is -2.41. The van der Waals surface area contributed by atoms with Crippen molar-refractivity contribution in [1.29, 1.82) is 5.26 Å². The van der Waals surface area contributed by atoms with Gasteiger partial charge in [-0.3, -0.25) is 23.9 Å². The van der Waals surface area contributed by atoms with Gasteiger partial charge in [-0.1, -0.05) is 37.3 Å². The molecular formula is C23H28N4O5S2. The Kier molecular flexibility index (Phi) is 8.88. The van der Waals surface area contributed by atoms with Crippen molar-refractivity contribution in [2.24, 2.45) is 0 Å². The third-order valence-corrected chi connectivity index (χ3v) is 7.19. The number of aromatic nitrogens is 1. The van der Waals surface area contributed by atoms with Gasteiger partial charge < -0.3 is 14.7 Å². The number of morpholine rings is 1. The number of amides is 1. The van der Waals surface area contributed by atoms with Crippen LogP contribution >= 0.6 is 24.0 Å². The molecule has 1 amide bonds. The second-order valence-electron chi connectivity index (χ2n) is 8.09. The van der Waals surface area contributed by atoms with Crippen LogP contribution < -0.4 is 10.5 Å². The maximum atomic E-state index is 13.2. The molecule has 2 saturated heterocycles. The van der Waals surface area contributed by atoms with E-state index >= 15 is 0 Å². The number of thiocarbonyl (C=S) groups is 1. The van der Waals surface area contributed by atoms with Crippen molar-refractivity contribution in [3.63, 3.8) is 0 Å². The summed E-state index contributed by atoms with van der Waals surface area (Å²) in [5, 5.41) is 18.6. The highest BCUT2D eigenvalue weighted by molar-refractivity contribution is 8.26. The number of carbonyl (C=O) groups is 2. The van der Waals surface area contributed by atoms with Gasteiger partial charge in [-0.15, -0.1) is 0 Å². The Morgan fingerprint density at radius 1 is 1.26 bits per heavy atom. The van der Waals surface area contributed by atoms with Crippen molar-refractivity contribution in [3.05, 3.63) is 31.9 Å². The van der Waals surface area contributed by atoms with Crippen LogP contribution in [-0.4, -0.2) is 63.6 Å². The predicted octanol–water partition coefficient (Wildman–Crippen LogP) is 2.73. The molecule has 0 saturated carbocycles. The van der Waals surface area contributed by atoms with Crippen LogP contribution in [0.5, 0.6) is 0 Å². The van der Waals surface area contributed by atoms with Gasteiger partial charge >= 0.3 is 5.97 Å². The fourth-order valence-electron chi connectivity index (χ4n) is 4.00. The van der Waals surface area contributed by atoms with E-state index in [1.54, 1.807) is 17.6 Å². The maximum absolute atomic E-state index is 13.2. The highest BCUT2D eigenvalue weighted by atomic mass is 32.2. The lowest BCUT2D eigenvalue weighted by Gasteiger charge is -2.33. The third kappa shape index (κ3) is 5.51. The van der Waals surface area contributed by atoms with E-state index in [1.807, 2.05) is 6.92 Å². The molecule has 11 heteroatoms. The van der Waals surface area contributed by atoms with Gasteiger partial charge in [-0.05, 0) is 31.4 Å². The number of thioether (sulfide) groups is 1. The van der Waals surface area contributed by atoms with E-state index in [0.717, 1.165) is 24.6 Å². The smallest absolute Gasteiger partial charge is 0.303 e. The van der Waals surface area contributed by atoms with E-state index in [1.165, 1.54) is 4.90 Å². The second kappa shape index (κ2) is 11.6. The lowest BCUT2D eigenvalue weighted by molar-refractivity contribution is -0.137. The highest BCUT2D eigenvalue weighted by Gasteiger charge is 2.33. The molecule has 1 aromatic rings. The number of carboxylic acids is 1. The van der Waals surface area contributed by atoms with Gasteiger partial charge in [0.15, 0.2) is 0 Å². The van der Waals surface area contributed by atoms with Crippen molar-refractivity contribution in [2.75, 3.05) is 37.7 Å². The first-order chi connectivity index (χ1) is 16.3. The van der Waals surface area contributed by atoms with Crippen molar-refractivity contribution in [3.8, 4) is 6.07 Å². The van der Waals surface area contributed by atoms with E-state index in [2.05, 4.69) is 11.0 Å². The summed E-state index contributed by atoms with van der Waals surface area (Å²) < 4.78 is 7.52. The van der Waals surface area contributed by atoms with Gasteiger partial charge in [0.25, 0.3) is 11.5 Å². The summed E-state index contributed by atoms with van der Waals surface area (Å²) >= 11 is 6.53. The predicted molar refractivity (Wildman–Crippen MR) is 135 cm³/mol. The van der Waals surface area contributed by atoms with Crippen LogP contribution in [0.25, 0.3) is 6.08 Å². The molecule has 2 fully saturated rings. The number of ether oxygens (including phenoxy) is 1. The molecule has 1 aromatic heterocycles. The average Bonchev–Trinajstić information content (AvgIpc) is 3.08. The fourth-order valence-corrected chi connectivity index (χ4v) is 5.29. The Balaban J connectivity index is 2.11. The summed E-state index contributed by atoms with van der Waals surface area (Å²) in [6, 6.07) is 2.05. The van der Waals surface area contributed by atoms with Crippen molar-refractivity contribution in [2.45, 2.75) is 46.1 Å². The molecule has 0 aliphatic carbocycles. The Hall–Kier alpha value is -2.68. The van der Waals surface area contributed by atoms with Gasteiger partial charge in [-0.2, -0.15) is 5.26 Å². The molecule has 9 nitrogen and oxygen atoms in total. The first kappa shape index (κ1) is 25.9. The highest BCUT2D eigenvalue weighted by Crippen LogP contribution is 2.36. The van der Waals surface area contributed by atoms with Gasteiger partial charge in [0.2, 0.25) is 0 Å². The SMILES string of the molecule is CCCCn1c(N2CCOCC2)c(C=C2SC(=S)N(CCCC(=O)O)C2=O)c(C)c(C#N)c1=O. The minimum atomic E-state index is -0.926. The quantitative estimate of drug-likeness (QED) is 0.400. The fraction of sp³-hybridized carbons (Fsp3) is 0.522. The molecule has 2 aliphatic rings. The Morgan fingerprint density at radius 3 is 2.59 bits per heavy atom. The first-order valence-corrected chi connectivity index (χ1v) is 12.5. The van der Waals surface area contributed by atoms with Crippen LogP contribution in [0, 0.1) is 18.3 Å². The maximum Gasteiger partial charge on any atom is 0.303 e. The molecule has 182 valence electrons.